The number of hydrogen-bond acceptors (Lipinski definition) is 2. The molecule has 0 aromatic heterocycles. The number of halogens is 4. The van der Waals surface area contributed by atoms with Crippen molar-refractivity contribution in [3.8, 4) is 0 Å². The number of alkyl halides is 3. The van der Waals surface area contributed by atoms with Gasteiger partial charge in [0.05, 0.1) is 10.7 Å². The summed E-state index contributed by atoms with van der Waals surface area (Å²) in [4.78, 5) is 1.16. The molecule has 7 heteroatoms. The van der Waals surface area contributed by atoms with E-state index in [0.29, 0.717) is 5.56 Å². The molecule has 1 aromatic carbocycles. The van der Waals surface area contributed by atoms with Crippen molar-refractivity contribution in [1.82, 2.24) is 0 Å². The molecule has 1 aromatic rings. The number of hydrogen-bond donors (Lipinski definition) is 2. The van der Waals surface area contributed by atoms with Crippen molar-refractivity contribution >= 4 is 23.1 Å². The monoisotopic (exact) mass is 293 g/mol. The minimum absolute atomic E-state index is 0.144. The number of nitrogens with zero attached hydrogens (tertiary/aromatic N) is 1. The van der Waals surface area contributed by atoms with Crippen LogP contribution in [0.5, 0.6) is 0 Å². The van der Waals surface area contributed by atoms with Crippen molar-refractivity contribution in [1.29, 1.82) is 5.41 Å². The van der Waals surface area contributed by atoms with Crippen LogP contribution >= 0.6 is 11.6 Å². The molecule has 0 unspecified atom stereocenters. The Morgan fingerprint density at radius 1 is 1.42 bits per heavy atom. The largest absolute Gasteiger partial charge is 0.405 e. The van der Waals surface area contributed by atoms with E-state index in [2.05, 4.69) is 0 Å². The topological polar surface area (TPSA) is 53.1 Å². The maximum absolute atomic E-state index is 12.6. The van der Waals surface area contributed by atoms with Gasteiger partial charge in [-0.1, -0.05) is 11.6 Å². The van der Waals surface area contributed by atoms with Gasteiger partial charge in [-0.25, -0.2) is 0 Å². The normalized spacial score (nSPS) is 11.7. The van der Waals surface area contributed by atoms with Gasteiger partial charge in [0.1, 0.15) is 12.4 Å². The molecule has 0 radical (unpaired) electrons. The third kappa shape index (κ3) is 4.31. The van der Waals surface area contributed by atoms with Gasteiger partial charge in [-0.3, -0.25) is 5.41 Å². The van der Waals surface area contributed by atoms with Crippen molar-refractivity contribution in [3.63, 3.8) is 0 Å². The lowest BCUT2D eigenvalue weighted by atomic mass is 10.1. The van der Waals surface area contributed by atoms with Crippen LogP contribution in [0, 0.1) is 5.41 Å². The van der Waals surface area contributed by atoms with Gasteiger partial charge in [0.25, 0.3) is 0 Å². The molecule has 0 saturated heterocycles. The number of benzene rings is 1. The molecule has 1 rings (SSSR count). The summed E-state index contributed by atoms with van der Waals surface area (Å²) in [5, 5.41) is 7.41. The van der Waals surface area contributed by atoms with E-state index >= 15 is 0 Å². The van der Waals surface area contributed by atoms with Crippen molar-refractivity contribution in [2.45, 2.75) is 26.1 Å². The van der Waals surface area contributed by atoms with Gasteiger partial charge in [-0.15, -0.1) is 0 Å². The molecule has 3 N–H and O–H groups in total. The second-order valence-electron chi connectivity index (χ2n) is 4.42. The highest BCUT2D eigenvalue weighted by molar-refractivity contribution is 6.33. The smallest absolute Gasteiger partial charge is 0.384 e. The molecule has 106 valence electrons. The van der Waals surface area contributed by atoms with E-state index in [1.807, 2.05) is 0 Å². The van der Waals surface area contributed by atoms with E-state index in [1.54, 1.807) is 13.8 Å². The molecule has 0 aliphatic carbocycles. The molecule has 0 bridgehead atoms. The number of anilines is 1. The van der Waals surface area contributed by atoms with E-state index in [1.165, 1.54) is 18.2 Å². The highest BCUT2D eigenvalue weighted by Crippen LogP contribution is 2.31. The van der Waals surface area contributed by atoms with Crippen LogP contribution in [0.1, 0.15) is 19.4 Å². The average Bonchev–Trinajstić information content (AvgIpc) is 2.24. The third-order valence-electron chi connectivity index (χ3n) is 2.54. The maximum Gasteiger partial charge on any atom is 0.405 e. The van der Waals surface area contributed by atoms with Crippen LogP contribution in [0.2, 0.25) is 5.02 Å². The lowest BCUT2D eigenvalue weighted by Gasteiger charge is -2.30. The molecule has 0 aliphatic heterocycles. The minimum Gasteiger partial charge on any atom is -0.384 e. The third-order valence-corrected chi connectivity index (χ3v) is 2.84. The quantitative estimate of drug-likeness (QED) is 0.660. The SMILES string of the molecule is CC(C)N(CC(F)(F)F)c1ccc(C(=N)N)cc1Cl. The highest BCUT2D eigenvalue weighted by atomic mass is 35.5. The van der Waals surface area contributed by atoms with E-state index in [9.17, 15) is 13.2 Å². The molecule has 0 atom stereocenters. The van der Waals surface area contributed by atoms with Gasteiger partial charge < -0.3 is 10.6 Å². The molecule has 0 spiro atoms. The van der Waals surface area contributed by atoms with Crippen LogP contribution in [0.15, 0.2) is 18.2 Å². The highest BCUT2D eigenvalue weighted by Gasteiger charge is 2.32. The molecular weight excluding hydrogens is 279 g/mol. The fourth-order valence-electron chi connectivity index (χ4n) is 1.65. The Morgan fingerprint density at radius 3 is 2.37 bits per heavy atom. The molecule has 0 saturated carbocycles. The van der Waals surface area contributed by atoms with Crippen LogP contribution in [-0.2, 0) is 0 Å². The zero-order chi connectivity index (χ0) is 14.8. The van der Waals surface area contributed by atoms with Crippen LogP contribution < -0.4 is 10.6 Å². The summed E-state index contributed by atoms with van der Waals surface area (Å²) in [6.07, 6.45) is -4.31. The van der Waals surface area contributed by atoms with Gasteiger partial charge in [-0.05, 0) is 32.0 Å². The first-order valence-electron chi connectivity index (χ1n) is 5.59. The number of nitrogens with one attached hydrogen (secondary N) is 1. The fourth-order valence-corrected chi connectivity index (χ4v) is 1.94. The number of nitrogens with two attached hydrogens (primary N) is 1. The second kappa shape index (κ2) is 5.69. The van der Waals surface area contributed by atoms with Gasteiger partial charge in [-0.2, -0.15) is 13.2 Å². The average molecular weight is 294 g/mol. The summed E-state index contributed by atoms with van der Waals surface area (Å²) in [6.45, 7) is 2.23. The lowest BCUT2D eigenvalue weighted by Crippen LogP contribution is -2.39. The van der Waals surface area contributed by atoms with Crippen molar-refractivity contribution < 1.29 is 13.2 Å². The van der Waals surface area contributed by atoms with Crippen LogP contribution in [-0.4, -0.2) is 24.6 Å². The molecule has 0 heterocycles. The van der Waals surface area contributed by atoms with Gasteiger partial charge >= 0.3 is 6.18 Å². The van der Waals surface area contributed by atoms with Crippen LogP contribution in [0.4, 0.5) is 18.9 Å². The van der Waals surface area contributed by atoms with Crippen molar-refractivity contribution in [2.75, 3.05) is 11.4 Å². The summed E-state index contributed by atoms with van der Waals surface area (Å²) in [6, 6.07) is 3.97. The second-order valence-corrected chi connectivity index (χ2v) is 4.82. The first-order chi connectivity index (χ1) is 8.61. The van der Waals surface area contributed by atoms with Crippen molar-refractivity contribution in [3.05, 3.63) is 28.8 Å². The van der Waals surface area contributed by atoms with Crippen LogP contribution in [0.3, 0.4) is 0 Å². The Balaban J connectivity index is 3.14. The summed E-state index contributed by atoms with van der Waals surface area (Å²) < 4.78 is 37.7. The van der Waals surface area contributed by atoms with E-state index in [4.69, 9.17) is 22.7 Å². The Hall–Kier alpha value is -1.43. The Bertz CT molecular complexity index is 472. The first-order valence-corrected chi connectivity index (χ1v) is 5.97. The standard InChI is InChI=1S/C12H15ClF3N3/c1-7(2)19(6-12(14,15)16)10-4-3-8(11(17)18)5-9(10)13/h3-5,7H,6H2,1-2H3,(H3,17,18). The summed E-state index contributed by atoms with van der Waals surface area (Å²) in [5.74, 6) is -0.180. The van der Waals surface area contributed by atoms with Gasteiger partial charge in [0.2, 0.25) is 0 Å². The number of nitrogen functional groups attached to an aromatic ring is 1. The number of amidine groups is 1. The van der Waals surface area contributed by atoms with E-state index in [0.717, 1.165) is 4.90 Å². The maximum atomic E-state index is 12.6. The van der Waals surface area contributed by atoms with E-state index < -0.39 is 12.7 Å². The van der Waals surface area contributed by atoms with E-state index in [-0.39, 0.29) is 22.6 Å². The molecular formula is C12H15ClF3N3. The number of rotatable bonds is 4. The zero-order valence-electron chi connectivity index (χ0n) is 10.6. The van der Waals surface area contributed by atoms with Crippen LogP contribution in [0.25, 0.3) is 0 Å². The lowest BCUT2D eigenvalue weighted by molar-refractivity contribution is -0.120. The van der Waals surface area contributed by atoms with Crippen molar-refractivity contribution in [2.24, 2.45) is 5.73 Å². The van der Waals surface area contributed by atoms with Gasteiger partial charge in [0, 0.05) is 11.6 Å². The molecule has 3 nitrogen and oxygen atoms in total. The summed E-state index contributed by atoms with van der Waals surface area (Å²) in [7, 11) is 0. The Labute approximate surface area is 114 Å². The molecule has 0 amide bonds. The summed E-state index contributed by atoms with van der Waals surface area (Å²) in [5.41, 5.74) is 5.96. The Morgan fingerprint density at radius 2 is 2.00 bits per heavy atom. The molecule has 0 aliphatic rings. The first kappa shape index (κ1) is 15.6. The minimum atomic E-state index is -4.31. The zero-order valence-corrected chi connectivity index (χ0v) is 11.3. The fraction of sp³-hybridized carbons (Fsp3) is 0.417. The van der Waals surface area contributed by atoms with Gasteiger partial charge in [0.15, 0.2) is 0 Å². The molecule has 0 fully saturated rings. The summed E-state index contributed by atoms with van der Waals surface area (Å²) >= 11 is 5.98. The predicted octanol–water partition coefficient (Wildman–Crippen LogP) is 3.40. The molecule has 19 heavy (non-hydrogen) atoms. The predicted molar refractivity (Wildman–Crippen MR) is 71.0 cm³/mol. The Kier molecular flexibility index (Phi) is 4.68.